The molecule has 1 aromatic heterocycles. The Morgan fingerprint density at radius 2 is 2.06 bits per heavy atom. The van der Waals surface area contributed by atoms with Gasteiger partial charge >= 0.3 is 5.63 Å². The largest absolute Gasteiger partial charge is 0.423 e. The van der Waals surface area contributed by atoms with Crippen LogP contribution >= 0.6 is 0 Å². The van der Waals surface area contributed by atoms with Crippen molar-refractivity contribution in [2.24, 2.45) is 0 Å². The molecule has 1 aromatic carbocycles. The summed E-state index contributed by atoms with van der Waals surface area (Å²) in [5.74, 6) is 0. The van der Waals surface area contributed by atoms with Gasteiger partial charge in [-0.05, 0) is 17.7 Å². The van der Waals surface area contributed by atoms with Crippen LogP contribution in [-0.4, -0.2) is 13.9 Å². The molecule has 0 aliphatic heterocycles. The van der Waals surface area contributed by atoms with Crippen molar-refractivity contribution >= 4 is 11.0 Å². The maximum Gasteiger partial charge on any atom is 0.336 e. The van der Waals surface area contributed by atoms with Crippen molar-refractivity contribution in [2.75, 3.05) is 13.9 Å². The molecule has 0 N–H and O–H groups in total. The van der Waals surface area contributed by atoms with Gasteiger partial charge in [-0.2, -0.15) is 0 Å². The molecular weight excluding hydrogens is 208 g/mol. The number of benzene rings is 1. The first kappa shape index (κ1) is 10.9. The standard InChI is InChI=1S/C12H12O4/c1-14-8-15-7-9-2-3-10-4-5-12(13)16-11(10)6-9/h2-6H,7-8H2,1H3. The van der Waals surface area contributed by atoms with E-state index in [1.54, 1.807) is 19.2 Å². The van der Waals surface area contributed by atoms with Crippen molar-refractivity contribution in [3.8, 4) is 0 Å². The third-order valence-corrected chi connectivity index (χ3v) is 2.16. The van der Waals surface area contributed by atoms with E-state index in [0.29, 0.717) is 12.2 Å². The van der Waals surface area contributed by atoms with Crippen molar-refractivity contribution in [1.82, 2.24) is 0 Å². The first-order chi connectivity index (χ1) is 7.79. The Morgan fingerprint density at radius 1 is 1.25 bits per heavy atom. The maximum absolute atomic E-state index is 11.0. The summed E-state index contributed by atoms with van der Waals surface area (Å²) in [6.45, 7) is 0.680. The van der Waals surface area contributed by atoms with Crippen LogP contribution in [0.25, 0.3) is 11.0 Å². The number of hydrogen-bond acceptors (Lipinski definition) is 4. The highest BCUT2D eigenvalue weighted by Gasteiger charge is 1.99. The van der Waals surface area contributed by atoms with Crippen LogP contribution in [0.1, 0.15) is 5.56 Å². The molecule has 0 aliphatic carbocycles. The van der Waals surface area contributed by atoms with Crippen LogP contribution in [0.4, 0.5) is 0 Å². The summed E-state index contributed by atoms with van der Waals surface area (Å²) in [7, 11) is 1.57. The van der Waals surface area contributed by atoms with Crippen molar-refractivity contribution in [2.45, 2.75) is 6.61 Å². The summed E-state index contributed by atoms with van der Waals surface area (Å²) >= 11 is 0. The fraction of sp³-hybridized carbons (Fsp3) is 0.250. The second kappa shape index (κ2) is 4.92. The van der Waals surface area contributed by atoms with Crippen LogP contribution in [0.3, 0.4) is 0 Å². The van der Waals surface area contributed by atoms with Gasteiger partial charge in [0.15, 0.2) is 0 Å². The van der Waals surface area contributed by atoms with Gasteiger partial charge in [0.2, 0.25) is 0 Å². The minimum Gasteiger partial charge on any atom is -0.423 e. The third kappa shape index (κ3) is 2.48. The van der Waals surface area contributed by atoms with Gasteiger partial charge in [0.1, 0.15) is 12.4 Å². The number of hydrogen-bond donors (Lipinski definition) is 0. The molecule has 4 nitrogen and oxygen atoms in total. The van der Waals surface area contributed by atoms with Crippen molar-refractivity contribution in [3.63, 3.8) is 0 Å². The molecule has 0 atom stereocenters. The average molecular weight is 220 g/mol. The molecule has 2 aromatic rings. The van der Waals surface area contributed by atoms with E-state index in [1.165, 1.54) is 6.07 Å². The zero-order chi connectivity index (χ0) is 11.4. The zero-order valence-electron chi connectivity index (χ0n) is 8.93. The van der Waals surface area contributed by atoms with E-state index in [4.69, 9.17) is 13.9 Å². The lowest BCUT2D eigenvalue weighted by molar-refractivity contribution is -0.0390. The molecule has 2 rings (SSSR count). The topological polar surface area (TPSA) is 48.7 Å². The van der Waals surface area contributed by atoms with E-state index in [9.17, 15) is 4.79 Å². The van der Waals surface area contributed by atoms with Gasteiger partial charge < -0.3 is 13.9 Å². The Kier molecular flexibility index (Phi) is 3.34. The van der Waals surface area contributed by atoms with Gasteiger partial charge in [0.05, 0.1) is 6.61 Å². The van der Waals surface area contributed by atoms with Crippen LogP contribution in [0.5, 0.6) is 0 Å². The minimum absolute atomic E-state index is 0.247. The molecular formula is C12H12O4. The van der Waals surface area contributed by atoms with Crippen LogP contribution in [0.2, 0.25) is 0 Å². The predicted molar refractivity (Wildman–Crippen MR) is 59.1 cm³/mol. The lowest BCUT2D eigenvalue weighted by atomic mass is 10.1. The number of methoxy groups -OCH3 is 1. The van der Waals surface area contributed by atoms with Crippen LogP contribution in [0.15, 0.2) is 39.5 Å². The second-order valence-electron chi connectivity index (χ2n) is 3.38. The lowest BCUT2D eigenvalue weighted by Crippen LogP contribution is -1.98. The Balaban J connectivity index is 2.25. The average Bonchev–Trinajstić information content (AvgIpc) is 2.29. The van der Waals surface area contributed by atoms with Crippen LogP contribution in [0, 0.1) is 0 Å². The summed E-state index contributed by atoms with van der Waals surface area (Å²) in [4.78, 5) is 11.0. The van der Waals surface area contributed by atoms with Crippen LogP contribution < -0.4 is 5.63 Å². The zero-order valence-corrected chi connectivity index (χ0v) is 8.93. The monoisotopic (exact) mass is 220 g/mol. The smallest absolute Gasteiger partial charge is 0.336 e. The molecule has 84 valence electrons. The highest BCUT2D eigenvalue weighted by atomic mass is 16.7. The first-order valence-electron chi connectivity index (χ1n) is 4.89. The van der Waals surface area contributed by atoms with E-state index >= 15 is 0 Å². The molecule has 4 heteroatoms. The molecule has 0 fully saturated rings. The molecule has 16 heavy (non-hydrogen) atoms. The summed E-state index contributed by atoms with van der Waals surface area (Å²) in [5.41, 5.74) is 1.17. The molecule has 0 bridgehead atoms. The Bertz CT molecular complexity index is 530. The normalized spacial score (nSPS) is 10.8. The first-order valence-corrected chi connectivity index (χ1v) is 4.89. The highest BCUT2D eigenvalue weighted by Crippen LogP contribution is 2.14. The molecule has 0 radical (unpaired) electrons. The van der Waals surface area contributed by atoms with E-state index < -0.39 is 0 Å². The van der Waals surface area contributed by atoms with E-state index in [-0.39, 0.29) is 12.4 Å². The predicted octanol–water partition coefficient (Wildman–Crippen LogP) is 1.91. The lowest BCUT2D eigenvalue weighted by Gasteiger charge is -2.03. The maximum atomic E-state index is 11.0. The number of ether oxygens (including phenoxy) is 2. The van der Waals surface area contributed by atoms with Gasteiger partial charge in [-0.3, -0.25) is 0 Å². The van der Waals surface area contributed by atoms with Crippen molar-refractivity contribution < 1.29 is 13.9 Å². The van der Waals surface area contributed by atoms with E-state index in [2.05, 4.69) is 0 Å². The minimum atomic E-state index is -0.345. The summed E-state index contributed by atoms with van der Waals surface area (Å²) < 4.78 is 15.0. The fourth-order valence-corrected chi connectivity index (χ4v) is 1.44. The third-order valence-electron chi connectivity index (χ3n) is 2.16. The Labute approximate surface area is 92.4 Å². The van der Waals surface area contributed by atoms with Crippen molar-refractivity contribution in [1.29, 1.82) is 0 Å². The Hall–Kier alpha value is -1.65. The number of fused-ring (bicyclic) bond motifs is 1. The highest BCUT2D eigenvalue weighted by molar-refractivity contribution is 5.76. The molecule has 1 heterocycles. The van der Waals surface area contributed by atoms with Gasteiger partial charge in [-0.15, -0.1) is 0 Å². The van der Waals surface area contributed by atoms with Crippen molar-refractivity contribution in [3.05, 3.63) is 46.3 Å². The molecule has 0 unspecified atom stereocenters. The van der Waals surface area contributed by atoms with Gasteiger partial charge in [-0.1, -0.05) is 12.1 Å². The molecule has 0 spiro atoms. The second-order valence-corrected chi connectivity index (χ2v) is 3.38. The molecule has 0 amide bonds. The molecule has 0 saturated heterocycles. The van der Waals surface area contributed by atoms with Gasteiger partial charge in [-0.25, -0.2) is 4.79 Å². The SMILES string of the molecule is COCOCc1ccc2ccc(=O)oc2c1. The summed E-state index contributed by atoms with van der Waals surface area (Å²) in [6, 6.07) is 8.76. The molecule has 0 aliphatic rings. The number of rotatable bonds is 4. The molecule has 0 saturated carbocycles. The summed E-state index contributed by atoms with van der Waals surface area (Å²) in [6.07, 6.45) is 0. The van der Waals surface area contributed by atoms with Gasteiger partial charge in [0.25, 0.3) is 0 Å². The van der Waals surface area contributed by atoms with Gasteiger partial charge in [0, 0.05) is 18.6 Å². The fourth-order valence-electron chi connectivity index (χ4n) is 1.44. The Morgan fingerprint density at radius 3 is 2.88 bits per heavy atom. The van der Waals surface area contributed by atoms with E-state index in [1.807, 2.05) is 12.1 Å². The summed E-state index contributed by atoms with van der Waals surface area (Å²) in [5, 5.41) is 0.898. The quantitative estimate of drug-likeness (QED) is 0.448. The van der Waals surface area contributed by atoms with Crippen LogP contribution in [-0.2, 0) is 16.1 Å². The van der Waals surface area contributed by atoms with E-state index in [0.717, 1.165) is 10.9 Å².